The molecule has 1 aliphatic rings. The van der Waals surface area contributed by atoms with Crippen molar-refractivity contribution in [2.75, 3.05) is 45.8 Å². The van der Waals surface area contributed by atoms with E-state index in [9.17, 15) is 9.59 Å². The lowest BCUT2D eigenvalue weighted by molar-refractivity contribution is -0.132. The van der Waals surface area contributed by atoms with Gasteiger partial charge in [-0.05, 0) is 19.9 Å². The molecule has 2 amide bonds. The number of para-hydroxylation sites is 1. The zero-order valence-electron chi connectivity index (χ0n) is 14.9. The molecule has 2 aromatic rings. The Balaban J connectivity index is 1.59. The molecule has 1 N–H and O–H groups in total. The second-order valence-electron chi connectivity index (χ2n) is 6.25. The Morgan fingerprint density at radius 2 is 1.80 bits per heavy atom. The first-order chi connectivity index (χ1) is 12.1. The van der Waals surface area contributed by atoms with E-state index in [0.717, 1.165) is 24.0 Å². The van der Waals surface area contributed by atoms with Crippen molar-refractivity contribution in [2.24, 2.45) is 0 Å². The molecular formula is C18H25N5O2. The van der Waals surface area contributed by atoms with E-state index in [0.29, 0.717) is 38.4 Å². The van der Waals surface area contributed by atoms with Gasteiger partial charge in [-0.1, -0.05) is 18.2 Å². The number of likely N-dealkylation sites (N-methyl/N-ethyl adjacent to an activating group) is 1. The number of aromatic amines is 1. The van der Waals surface area contributed by atoms with Crippen LogP contribution >= 0.6 is 0 Å². The number of nitrogens with one attached hydrogen (secondary N) is 1. The summed E-state index contributed by atoms with van der Waals surface area (Å²) in [5, 5.41) is 7.96. The van der Waals surface area contributed by atoms with Crippen LogP contribution in [0, 0.1) is 0 Å². The Bertz CT molecular complexity index is 745. The number of benzene rings is 1. The van der Waals surface area contributed by atoms with E-state index in [1.54, 1.807) is 0 Å². The molecule has 2 heterocycles. The van der Waals surface area contributed by atoms with E-state index in [1.807, 2.05) is 47.9 Å². The summed E-state index contributed by atoms with van der Waals surface area (Å²) >= 11 is 0. The van der Waals surface area contributed by atoms with Crippen LogP contribution in [0.4, 0.5) is 0 Å². The number of piperazine rings is 1. The molecule has 1 aromatic carbocycles. The van der Waals surface area contributed by atoms with Gasteiger partial charge in [0.1, 0.15) is 0 Å². The van der Waals surface area contributed by atoms with E-state index in [2.05, 4.69) is 15.1 Å². The van der Waals surface area contributed by atoms with Crippen LogP contribution in [0.25, 0.3) is 10.9 Å². The maximum Gasteiger partial charge on any atom is 0.275 e. The molecule has 0 radical (unpaired) electrons. The number of amides is 2. The van der Waals surface area contributed by atoms with Crippen LogP contribution in [0.5, 0.6) is 0 Å². The highest BCUT2D eigenvalue weighted by Gasteiger charge is 2.26. The first-order valence-corrected chi connectivity index (χ1v) is 8.86. The van der Waals surface area contributed by atoms with Crippen molar-refractivity contribution < 1.29 is 9.59 Å². The SMILES string of the molecule is CCN(CC)C(=O)CN1CCN(C(=O)c2n[nH]c3ccccc23)CC1. The molecule has 134 valence electrons. The normalized spacial score (nSPS) is 15.5. The third kappa shape index (κ3) is 3.66. The minimum atomic E-state index is -0.0489. The van der Waals surface area contributed by atoms with Crippen molar-refractivity contribution in [3.8, 4) is 0 Å². The Kier molecular flexibility index (Phi) is 5.33. The Morgan fingerprint density at radius 3 is 2.48 bits per heavy atom. The minimum absolute atomic E-state index is 0.0489. The van der Waals surface area contributed by atoms with Gasteiger partial charge in [-0.2, -0.15) is 5.10 Å². The fourth-order valence-electron chi connectivity index (χ4n) is 3.25. The van der Waals surface area contributed by atoms with Gasteiger partial charge in [-0.25, -0.2) is 0 Å². The molecule has 0 bridgehead atoms. The highest BCUT2D eigenvalue weighted by molar-refractivity contribution is 6.04. The number of fused-ring (bicyclic) bond motifs is 1. The third-order valence-corrected chi connectivity index (χ3v) is 4.81. The Morgan fingerprint density at radius 1 is 1.12 bits per heavy atom. The molecule has 1 fully saturated rings. The van der Waals surface area contributed by atoms with Gasteiger partial charge >= 0.3 is 0 Å². The Labute approximate surface area is 147 Å². The minimum Gasteiger partial charge on any atom is -0.342 e. The maximum atomic E-state index is 12.8. The van der Waals surface area contributed by atoms with Gasteiger partial charge in [-0.15, -0.1) is 0 Å². The molecule has 1 aromatic heterocycles. The van der Waals surface area contributed by atoms with Gasteiger partial charge in [0.25, 0.3) is 5.91 Å². The average molecular weight is 343 g/mol. The van der Waals surface area contributed by atoms with Crippen molar-refractivity contribution in [3.63, 3.8) is 0 Å². The monoisotopic (exact) mass is 343 g/mol. The number of rotatable bonds is 5. The van der Waals surface area contributed by atoms with Crippen LogP contribution in [0.2, 0.25) is 0 Å². The van der Waals surface area contributed by atoms with Crippen LogP contribution in [0.1, 0.15) is 24.3 Å². The molecule has 0 spiro atoms. The molecule has 3 rings (SSSR count). The summed E-state index contributed by atoms with van der Waals surface area (Å²) in [6, 6.07) is 7.65. The van der Waals surface area contributed by atoms with Crippen molar-refractivity contribution in [1.82, 2.24) is 24.9 Å². The number of hydrogen-bond donors (Lipinski definition) is 1. The van der Waals surface area contributed by atoms with E-state index in [-0.39, 0.29) is 11.8 Å². The number of H-pyrrole nitrogens is 1. The molecule has 0 aliphatic carbocycles. The van der Waals surface area contributed by atoms with Crippen LogP contribution < -0.4 is 0 Å². The first-order valence-electron chi connectivity index (χ1n) is 8.86. The number of carbonyl (C=O) groups is 2. The van der Waals surface area contributed by atoms with Gasteiger partial charge in [0.15, 0.2) is 5.69 Å². The maximum absolute atomic E-state index is 12.8. The van der Waals surface area contributed by atoms with E-state index in [1.165, 1.54) is 0 Å². The zero-order valence-corrected chi connectivity index (χ0v) is 14.9. The summed E-state index contributed by atoms with van der Waals surface area (Å²) in [7, 11) is 0. The van der Waals surface area contributed by atoms with Gasteiger partial charge in [0.05, 0.1) is 12.1 Å². The fraction of sp³-hybridized carbons (Fsp3) is 0.500. The standard InChI is InChI=1S/C18H25N5O2/c1-3-22(4-2)16(24)13-21-9-11-23(12-10-21)18(25)17-14-7-5-6-8-15(14)19-20-17/h5-8H,3-4,9-13H2,1-2H3,(H,19,20). The lowest BCUT2D eigenvalue weighted by Gasteiger charge is -2.35. The van der Waals surface area contributed by atoms with E-state index >= 15 is 0 Å². The van der Waals surface area contributed by atoms with Crippen molar-refractivity contribution in [3.05, 3.63) is 30.0 Å². The Hall–Kier alpha value is -2.41. The quantitative estimate of drug-likeness (QED) is 0.885. The highest BCUT2D eigenvalue weighted by atomic mass is 16.2. The smallest absolute Gasteiger partial charge is 0.275 e. The lowest BCUT2D eigenvalue weighted by atomic mass is 10.2. The molecule has 1 saturated heterocycles. The van der Waals surface area contributed by atoms with Gasteiger partial charge < -0.3 is 9.80 Å². The molecule has 0 saturated carbocycles. The van der Waals surface area contributed by atoms with Gasteiger partial charge in [-0.3, -0.25) is 19.6 Å². The predicted octanol–water partition coefficient (Wildman–Crippen LogP) is 1.19. The molecule has 1 aliphatic heterocycles. The summed E-state index contributed by atoms with van der Waals surface area (Å²) in [6.45, 7) is 8.53. The van der Waals surface area contributed by atoms with Crippen molar-refractivity contribution in [2.45, 2.75) is 13.8 Å². The summed E-state index contributed by atoms with van der Waals surface area (Å²) in [6.07, 6.45) is 0. The molecular weight excluding hydrogens is 318 g/mol. The fourth-order valence-corrected chi connectivity index (χ4v) is 3.25. The first kappa shape index (κ1) is 17.4. The summed E-state index contributed by atoms with van der Waals surface area (Å²) < 4.78 is 0. The van der Waals surface area contributed by atoms with Crippen molar-refractivity contribution >= 4 is 22.7 Å². The molecule has 0 atom stereocenters. The second-order valence-corrected chi connectivity index (χ2v) is 6.25. The van der Waals surface area contributed by atoms with Gasteiger partial charge in [0, 0.05) is 44.7 Å². The van der Waals surface area contributed by atoms with E-state index < -0.39 is 0 Å². The van der Waals surface area contributed by atoms with E-state index in [4.69, 9.17) is 0 Å². The zero-order chi connectivity index (χ0) is 17.8. The van der Waals surface area contributed by atoms with Crippen LogP contribution in [-0.4, -0.2) is 82.5 Å². The number of carbonyl (C=O) groups excluding carboxylic acids is 2. The number of aromatic nitrogens is 2. The average Bonchev–Trinajstić information content (AvgIpc) is 3.07. The summed E-state index contributed by atoms with van der Waals surface area (Å²) in [5.74, 6) is 0.107. The topological polar surface area (TPSA) is 72.5 Å². The largest absolute Gasteiger partial charge is 0.342 e. The number of hydrogen-bond acceptors (Lipinski definition) is 4. The third-order valence-electron chi connectivity index (χ3n) is 4.81. The van der Waals surface area contributed by atoms with Crippen LogP contribution in [0.15, 0.2) is 24.3 Å². The summed E-state index contributed by atoms with van der Waals surface area (Å²) in [4.78, 5) is 30.7. The molecule has 7 heteroatoms. The van der Waals surface area contributed by atoms with Gasteiger partial charge in [0.2, 0.25) is 5.91 Å². The van der Waals surface area contributed by atoms with Crippen molar-refractivity contribution in [1.29, 1.82) is 0 Å². The highest BCUT2D eigenvalue weighted by Crippen LogP contribution is 2.17. The van der Waals surface area contributed by atoms with Crippen LogP contribution in [-0.2, 0) is 4.79 Å². The molecule has 0 unspecified atom stereocenters. The number of nitrogens with zero attached hydrogens (tertiary/aromatic N) is 4. The molecule has 7 nitrogen and oxygen atoms in total. The second kappa shape index (κ2) is 7.65. The van der Waals surface area contributed by atoms with Crippen LogP contribution in [0.3, 0.4) is 0 Å². The molecule has 25 heavy (non-hydrogen) atoms. The summed E-state index contributed by atoms with van der Waals surface area (Å²) in [5.41, 5.74) is 1.34. The lowest BCUT2D eigenvalue weighted by Crippen LogP contribution is -2.51. The predicted molar refractivity (Wildman–Crippen MR) is 96.4 cm³/mol.